The van der Waals surface area contributed by atoms with Crippen LogP contribution in [0, 0.1) is 0 Å². The third-order valence-electron chi connectivity index (χ3n) is 5.27. The van der Waals surface area contributed by atoms with Crippen LogP contribution in [0.25, 0.3) is 22.1 Å². The van der Waals surface area contributed by atoms with Crippen molar-refractivity contribution in [3.63, 3.8) is 0 Å². The van der Waals surface area contributed by atoms with Crippen molar-refractivity contribution < 1.29 is 41.3 Å². The predicted octanol–water partition coefficient (Wildman–Crippen LogP) is 4.33. The number of nitrogens with zero attached hydrogens (tertiary/aromatic N) is 1. The van der Waals surface area contributed by atoms with E-state index in [1.165, 1.54) is 49.5 Å². The number of hydrogen-bond donors (Lipinski definition) is 0. The minimum absolute atomic E-state index is 0.0524. The molecular weight excluding hydrogens is 459 g/mol. The second-order valence-electron chi connectivity index (χ2n) is 7.33. The zero-order chi connectivity index (χ0) is 24.5. The maximum atomic E-state index is 13.9. The molecule has 1 fully saturated rings. The Bertz CT molecular complexity index is 1280. The van der Waals surface area contributed by atoms with Crippen LogP contribution in [0.15, 0.2) is 45.6 Å². The molecule has 0 spiro atoms. The Balaban J connectivity index is 1.80. The van der Waals surface area contributed by atoms with Crippen molar-refractivity contribution in [1.29, 1.82) is 0 Å². The van der Waals surface area contributed by atoms with Gasteiger partial charge in [-0.15, -0.1) is 0 Å². The summed E-state index contributed by atoms with van der Waals surface area (Å²) in [6.07, 6.45) is -5.65. The molecular formula is C23H20F3NO7. The van der Waals surface area contributed by atoms with Crippen molar-refractivity contribution in [2.75, 3.05) is 40.5 Å². The van der Waals surface area contributed by atoms with E-state index in [2.05, 4.69) is 0 Å². The molecule has 1 aromatic heterocycles. The van der Waals surface area contributed by atoms with Gasteiger partial charge in [0, 0.05) is 19.2 Å². The number of carbonyl (C=O) groups is 1. The van der Waals surface area contributed by atoms with Crippen molar-refractivity contribution >= 4 is 17.1 Å². The SMILES string of the molecule is COc1ccc(-c2c(C(F)(F)F)oc3cc(OC(=O)N4CCOCC4)ccc3c2=O)cc1OC. The molecule has 34 heavy (non-hydrogen) atoms. The summed E-state index contributed by atoms with van der Waals surface area (Å²) >= 11 is 0. The van der Waals surface area contributed by atoms with Gasteiger partial charge in [-0.2, -0.15) is 13.2 Å². The van der Waals surface area contributed by atoms with Gasteiger partial charge < -0.3 is 28.3 Å². The van der Waals surface area contributed by atoms with Crippen LogP contribution in [0.5, 0.6) is 17.2 Å². The summed E-state index contributed by atoms with van der Waals surface area (Å²) in [5.41, 5.74) is -1.98. The van der Waals surface area contributed by atoms with Gasteiger partial charge in [0.15, 0.2) is 11.5 Å². The second-order valence-corrected chi connectivity index (χ2v) is 7.33. The zero-order valence-electron chi connectivity index (χ0n) is 18.2. The Morgan fingerprint density at radius 3 is 2.35 bits per heavy atom. The first-order valence-electron chi connectivity index (χ1n) is 10.2. The molecule has 0 N–H and O–H groups in total. The van der Waals surface area contributed by atoms with Crippen LogP contribution in [0.3, 0.4) is 0 Å². The standard InChI is InChI=1S/C23H20F3NO7/c1-30-16-6-3-13(11-18(16)31-2)19-20(28)15-5-4-14(12-17(15)34-21(19)23(24,25)26)33-22(29)27-7-9-32-10-8-27/h3-6,11-12H,7-10H2,1-2H3. The average Bonchev–Trinajstić information content (AvgIpc) is 2.83. The minimum atomic E-state index is -4.98. The molecule has 1 saturated heterocycles. The van der Waals surface area contributed by atoms with Crippen molar-refractivity contribution in [2.45, 2.75) is 6.18 Å². The number of fused-ring (bicyclic) bond motifs is 1. The van der Waals surface area contributed by atoms with Crippen LogP contribution in [0.4, 0.5) is 18.0 Å². The van der Waals surface area contributed by atoms with Crippen LogP contribution >= 0.6 is 0 Å². The smallest absolute Gasteiger partial charge is 0.450 e. The molecule has 11 heteroatoms. The maximum Gasteiger partial charge on any atom is 0.450 e. The lowest BCUT2D eigenvalue weighted by molar-refractivity contribution is -0.152. The van der Waals surface area contributed by atoms with Gasteiger partial charge in [-0.25, -0.2) is 4.79 Å². The molecule has 0 atom stereocenters. The third-order valence-corrected chi connectivity index (χ3v) is 5.27. The lowest BCUT2D eigenvalue weighted by Crippen LogP contribution is -2.42. The monoisotopic (exact) mass is 479 g/mol. The van der Waals surface area contributed by atoms with Gasteiger partial charge in [-0.05, 0) is 29.8 Å². The number of rotatable bonds is 4. The molecule has 2 aromatic carbocycles. The molecule has 1 amide bonds. The number of alkyl halides is 3. The van der Waals surface area contributed by atoms with Gasteiger partial charge >= 0.3 is 12.3 Å². The quantitative estimate of drug-likeness (QED) is 0.551. The van der Waals surface area contributed by atoms with Crippen LogP contribution in [0.2, 0.25) is 0 Å². The first-order valence-corrected chi connectivity index (χ1v) is 10.2. The topological polar surface area (TPSA) is 87.4 Å². The first-order chi connectivity index (χ1) is 16.2. The highest BCUT2D eigenvalue weighted by atomic mass is 19.4. The number of benzene rings is 2. The lowest BCUT2D eigenvalue weighted by Gasteiger charge is -2.25. The summed E-state index contributed by atoms with van der Waals surface area (Å²) in [4.78, 5) is 26.9. The number of hydrogen-bond acceptors (Lipinski definition) is 7. The van der Waals surface area contributed by atoms with Gasteiger partial charge in [-0.3, -0.25) is 4.79 Å². The van der Waals surface area contributed by atoms with Crippen LogP contribution < -0.4 is 19.6 Å². The van der Waals surface area contributed by atoms with Gasteiger partial charge in [0.05, 0.1) is 38.4 Å². The van der Waals surface area contributed by atoms with Crippen LogP contribution in [-0.2, 0) is 10.9 Å². The van der Waals surface area contributed by atoms with Crippen molar-refractivity contribution in [1.82, 2.24) is 4.90 Å². The molecule has 8 nitrogen and oxygen atoms in total. The molecule has 0 saturated carbocycles. The summed E-state index contributed by atoms with van der Waals surface area (Å²) in [5, 5.41) is -0.107. The molecule has 180 valence electrons. The molecule has 1 aliphatic heterocycles. The molecule has 0 aliphatic carbocycles. The van der Waals surface area contributed by atoms with Crippen molar-refractivity contribution in [3.05, 3.63) is 52.4 Å². The van der Waals surface area contributed by atoms with E-state index in [1.807, 2.05) is 0 Å². The Labute approximate surface area is 191 Å². The average molecular weight is 479 g/mol. The van der Waals surface area contributed by atoms with Crippen LogP contribution in [0.1, 0.15) is 5.76 Å². The predicted molar refractivity (Wildman–Crippen MR) is 114 cm³/mol. The van der Waals surface area contributed by atoms with Crippen molar-refractivity contribution in [2.24, 2.45) is 0 Å². The summed E-state index contributed by atoms with van der Waals surface area (Å²) in [6.45, 7) is 1.37. The number of methoxy groups -OCH3 is 2. The second kappa shape index (κ2) is 9.26. The largest absolute Gasteiger partial charge is 0.493 e. The minimum Gasteiger partial charge on any atom is -0.493 e. The molecule has 0 radical (unpaired) electrons. The Kier molecular flexibility index (Phi) is 6.38. The fourth-order valence-electron chi connectivity index (χ4n) is 3.60. The highest BCUT2D eigenvalue weighted by Gasteiger charge is 2.39. The van der Waals surface area contributed by atoms with E-state index in [0.29, 0.717) is 26.3 Å². The first kappa shape index (κ1) is 23.4. The number of amides is 1. The van der Waals surface area contributed by atoms with E-state index in [-0.39, 0.29) is 33.8 Å². The fourth-order valence-corrected chi connectivity index (χ4v) is 3.60. The summed E-state index contributed by atoms with van der Waals surface area (Å²) in [6, 6.07) is 7.64. The van der Waals surface area contributed by atoms with E-state index >= 15 is 0 Å². The number of halogens is 3. The fraction of sp³-hybridized carbons (Fsp3) is 0.304. The highest BCUT2D eigenvalue weighted by Crippen LogP contribution is 2.40. The van der Waals surface area contributed by atoms with Crippen molar-refractivity contribution in [3.8, 4) is 28.4 Å². The summed E-state index contributed by atoms with van der Waals surface area (Å²) in [7, 11) is 2.71. The Hall–Kier alpha value is -3.73. The van der Waals surface area contributed by atoms with E-state index in [0.717, 1.165) is 6.07 Å². The Morgan fingerprint density at radius 1 is 1.00 bits per heavy atom. The normalized spacial score (nSPS) is 14.2. The zero-order valence-corrected chi connectivity index (χ0v) is 18.2. The van der Waals surface area contributed by atoms with Gasteiger partial charge in [0.2, 0.25) is 11.2 Å². The molecule has 3 aromatic rings. The van der Waals surface area contributed by atoms with E-state index < -0.39 is 29.0 Å². The maximum absolute atomic E-state index is 13.9. The van der Waals surface area contributed by atoms with E-state index in [4.69, 9.17) is 23.4 Å². The molecule has 2 heterocycles. The number of morpholine rings is 1. The van der Waals surface area contributed by atoms with E-state index in [1.54, 1.807) is 0 Å². The number of ether oxygens (including phenoxy) is 4. The molecule has 4 rings (SSSR count). The highest BCUT2D eigenvalue weighted by molar-refractivity contribution is 5.85. The lowest BCUT2D eigenvalue weighted by atomic mass is 10.0. The summed E-state index contributed by atoms with van der Waals surface area (Å²) in [5.74, 6) is -1.09. The molecule has 0 bridgehead atoms. The third kappa shape index (κ3) is 4.51. The number of carbonyl (C=O) groups excluding carboxylic acids is 1. The van der Waals surface area contributed by atoms with Gasteiger partial charge in [0.1, 0.15) is 11.3 Å². The summed E-state index contributed by atoms with van der Waals surface area (Å²) < 4.78 is 67.7. The molecule has 1 aliphatic rings. The van der Waals surface area contributed by atoms with Crippen LogP contribution in [-0.4, -0.2) is 51.5 Å². The van der Waals surface area contributed by atoms with E-state index in [9.17, 15) is 22.8 Å². The molecule has 0 unspecified atom stereocenters. The Morgan fingerprint density at radius 2 is 1.71 bits per heavy atom. The van der Waals surface area contributed by atoms with Gasteiger partial charge in [0.25, 0.3) is 0 Å². The van der Waals surface area contributed by atoms with Gasteiger partial charge in [-0.1, -0.05) is 6.07 Å².